The normalized spacial score (nSPS) is 16.1. The first-order valence-electron chi connectivity index (χ1n) is 9.33. The molecule has 0 amide bonds. The number of piperidine rings is 1. The van der Waals surface area contributed by atoms with Crippen LogP contribution in [-0.2, 0) is 10.0 Å². The van der Waals surface area contributed by atoms with Crippen molar-refractivity contribution in [2.24, 2.45) is 0 Å². The van der Waals surface area contributed by atoms with Crippen molar-refractivity contribution < 1.29 is 22.6 Å². The molecule has 12 heteroatoms. The second-order valence-electron chi connectivity index (χ2n) is 7.01. The third kappa shape index (κ3) is 3.70. The summed E-state index contributed by atoms with van der Waals surface area (Å²) in [6.45, 7) is 0.949. The lowest BCUT2D eigenvalue weighted by molar-refractivity contribution is 0.313. The minimum Gasteiger partial charge on any atom is -0.493 e. The molecule has 30 heavy (non-hydrogen) atoms. The maximum atomic E-state index is 11.8. The zero-order valence-electron chi connectivity index (χ0n) is 17.2. The van der Waals surface area contributed by atoms with E-state index in [0.29, 0.717) is 48.1 Å². The molecule has 1 aromatic carbocycles. The lowest BCUT2D eigenvalue weighted by Crippen LogP contribution is -2.37. The minimum absolute atomic E-state index is 0.105. The van der Waals surface area contributed by atoms with Crippen molar-refractivity contribution in [2.45, 2.75) is 18.8 Å². The summed E-state index contributed by atoms with van der Waals surface area (Å²) in [7, 11) is 1.53. The molecule has 3 aromatic rings. The molecule has 0 unspecified atom stereocenters. The fourth-order valence-corrected chi connectivity index (χ4v) is 5.36. The van der Waals surface area contributed by atoms with Gasteiger partial charge in [-0.3, -0.25) is 0 Å². The Kier molecular flexibility index (Phi) is 5.55. The number of nitrogens with zero attached hydrogens (tertiary/aromatic N) is 5. The van der Waals surface area contributed by atoms with E-state index in [0.717, 1.165) is 16.4 Å². The molecule has 0 radical (unpaired) electrons. The molecule has 162 valence electrons. The minimum atomic E-state index is -3.17. The first-order valence-corrected chi connectivity index (χ1v) is 12.0. The number of sulfonamides is 1. The van der Waals surface area contributed by atoms with E-state index in [4.69, 9.17) is 19.3 Å². The number of rotatable bonds is 6. The molecule has 0 spiro atoms. The molecule has 0 aliphatic carbocycles. The number of benzene rings is 1. The largest absolute Gasteiger partial charge is 0.493 e. The topological polar surface area (TPSA) is 108 Å². The number of fused-ring (bicyclic) bond motifs is 1. The van der Waals surface area contributed by atoms with E-state index in [2.05, 4.69) is 10.2 Å². The first-order chi connectivity index (χ1) is 14.4. The highest BCUT2D eigenvalue weighted by atomic mass is 32.2. The van der Waals surface area contributed by atoms with Gasteiger partial charge in [0.2, 0.25) is 20.7 Å². The van der Waals surface area contributed by atoms with E-state index in [9.17, 15) is 8.42 Å². The van der Waals surface area contributed by atoms with Crippen molar-refractivity contribution in [3.8, 4) is 27.8 Å². The molecule has 0 saturated carbocycles. The smallest absolute Gasteiger partial charge is 0.234 e. The number of methoxy groups -OCH3 is 3. The van der Waals surface area contributed by atoms with Gasteiger partial charge in [0.05, 0.1) is 27.6 Å². The second kappa shape index (κ2) is 8.00. The molecule has 2 aromatic heterocycles. The number of aromatic nitrogens is 4. The van der Waals surface area contributed by atoms with Crippen LogP contribution in [0, 0.1) is 0 Å². The molecule has 10 nitrogen and oxygen atoms in total. The van der Waals surface area contributed by atoms with Gasteiger partial charge in [-0.15, -0.1) is 10.2 Å². The standard InChI is InChI=1S/C18H23N5O5S2/c1-26-13-9-12(10-14(27-2)15(13)28-3)17-21-23-16(19-20-18(23)29-17)11-5-7-22(8-6-11)30(4,24)25/h9-11H,5-8H2,1-4H3. The second-order valence-corrected chi connectivity index (χ2v) is 9.95. The zero-order chi connectivity index (χ0) is 21.5. The Morgan fingerprint density at radius 3 is 2.20 bits per heavy atom. The van der Waals surface area contributed by atoms with Crippen molar-refractivity contribution in [3.05, 3.63) is 18.0 Å². The van der Waals surface area contributed by atoms with Gasteiger partial charge in [-0.25, -0.2) is 12.7 Å². The van der Waals surface area contributed by atoms with Gasteiger partial charge in [-0.2, -0.15) is 9.61 Å². The Balaban J connectivity index is 1.66. The lowest BCUT2D eigenvalue weighted by atomic mass is 9.97. The van der Waals surface area contributed by atoms with E-state index < -0.39 is 10.0 Å². The van der Waals surface area contributed by atoms with Gasteiger partial charge in [-0.1, -0.05) is 11.3 Å². The predicted molar refractivity (Wildman–Crippen MR) is 112 cm³/mol. The summed E-state index contributed by atoms with van der Waals surface area (Å²) >= 11 is 1.41. The Hall–Kier alpha value is -2.44. The van der Waals surface area contributed by atoms with Crippen LogP contribution in [0.15, 0.2) is 12.1 Å². The molecule has 4 rings (SSSR count). The van der Waals surface area contributed by atoms with Gasteiger partial charge < -0.3 is 14.2 Å². The summed E-state index contributed by atoms with van der Waals surface area (Å²) < 4.78 is 43.0. The van der Waals surface area contributed by atoms with Gasteiger partial charge in [0, 0.05) is 24.6 Å². The van der Waals surface area contributed by atoms with Crippen molar-refractivity contribution in [1.29, 1.82) is 0 Å². The Bertz CT molecular complexity index is 1140. The van der Waals surface area contributed by atoms with E-state index in [1.165, 1.54) is 21.9 Å². The third-order valence-corrected chi connectivity index (χ3v) is 7.47. The Labute approximate surface area is 178 Å². The van der Waals surface area contributed by atoms with E-state index in [1.807, 2.05) is 12.1 Å². The summed E-state index contributed by atoms with van der Waals surface area (Å²) in [6, 6.07) is 3.69. The van der Waals surface area contributed by atoms with Gasteiger partial charge in [0.25, 0.3) is 0 Å². The van der Waals surface area contributed by atoms with Crippen LogP contribution in [0.2, 0.25) is 0 Å². The maximum Gasteiger partial charge on any atom is 0.234 e. The Morgan fingerprint density at radius 1 is 1.03 bits per heavy atom. The van der Waals surface area contributed by atoms with Gasteiger partial charge in [-0.05, 0) is 25.0 Å². The van der Waals surface area contributed by atoms with Gasteiger partial charge in [0.1, 0.15) is 5.01 Å². The van der Waals surface area contributed by atoms with Gasteiger partial charge >= 0.3 is 0 Å². The highest BCUT2D eigenvalue weighted by Gasteiger charge is 2.29. The van der Waals surface area contributed by atoms with E-state index in [-0.39, 0.29) is 5.92 Å². The molecule has 1 aliphatic rings. The first kappa shape index (κ1) is 20.8. The van der Waals surface area contributed by atoms with Crippen LogP contribution in [-0.4, -0.2) is 73.2 Å². The zero-order valence-corrected chi connectivity index (χ0v) is 18.8. The predicted octanol–water partition coefficient (Wildman–Crippen LogP) is 2.02. The van der Waals surface area contributed by atoms with Crippen LogP contribution in [0.4, 0.5) is 0 Å². The molecule has 3 heterocycles. The van der Waals surface area contributed by atoms with Crippen LogP contribution in [0.1, 0.15) is 24.6 Å². The van der Waals surface area contributed by atoms with Crippen LogP contribution in [0.25, 0.3) is 15.5 Å². The molecular formula is C18H23N5O5S2. The van der Waals surface area contributed by atoms with E-state index >= 15 is 0 Å². The molecule has 1 fully saturated rings. The van der Waals surface area contributed by atoms with E-state index in [1.54, 1.807) is 25.8 Å². The van der Waals surface area contributed by atoms with Crippen molar-refractivity contribution >= 4 is 26.3 Å². The van der Waals surface area contributed by atoms with Crippen molar-refractivity contribution in [2.75, 3.05) is 40.7 Å². The average molecular weight is 454 g/mol. The fourth-order valence-electron chi connectivity index (χ4n) is 3.65. The van der Waals surface area contributed by atoms with Crippen molar-refractivity contribution in [1.82, 2.24) is 24.1 Å². The molecule has 0 N–H and O–H groups in total. The van der Waals surface area contributed by atoms with Crippen LogP contribution < -0.4 is 14.2 Å². The number of hydrogen-bond donors (Lipinski definition) is 0. The van der Waals surface area contributed by atoms with Crippen molar-refractivity contribution in [3.63, 3.8) is 0 Å². The van der Waals surface area contributed by atoms with Gasteiger partial charge in [0.15, 0.2) is 17.3 Å². The fraction of sp³-hybridized carbons (Fsp3) is 0.500. The summed E-state index contributed by atoms with van der Waals surface area (Å²) in [4.78, 5) is 0.680. The lowest BCUT2D eigenvalue weighted by Gasteiger charge is -2.28. The van der Waals surface area contributed by atoms with Crippen LogP contribution in [0.5, 0.6) is 17.2 Å². The van der Waals surface area contributed by atoms with Crippen LogP contribution >= 0.6 is 11.3 Å². The number of ether oxygens (including phenoxy) is 3. The summed E-state index contributed by atoms with van der Waals surface area (Å²) in [5.41, 5.74) is 0.817. The average Bonchev–Trinajstić information content (AvgIpc) is 3.33. The third-order valence-electron chi connectivity index (χ3n) is 5.21. The number of hydrogen-bond acceptors (Lipinski definition) is 9. The summed E-state index contributed by atoms with van der Waals surface area (Å²) in [5, 5.41) is 14.1. The summed E-state index contributed by atoms with van der Waals surface area (Å²) in [6.07, 6.45) is 2.61. The molecule has 0 bridgehead atoms. The Morgan fingerprint density at radius 2 is 1.67 bits per heavy atom. The quantitative estimate of drug-likeness (QED) is 0.558. The van der Waals surface area contributed by atoms with Crippen LogP contribution in [0.3, 0.4) is 0 Å². The maximum absolute atomic E-state index is 11.8. The molecular weight excluding hydrogens is 430 g/mol. The molecule has 1 saturated heterocycles. The summed E-state index contributed by atoms with van der Waals surface area (Å²) in [5.74, 6) is 2.48. The highest BCUT2D eigenvalue weighted by Crippen LogP contribution is 2.42. The highest BCUT2D eigenvalue weighted by molar-refractivity contribution is 7.88. The SMILES string of the molecule is COc1cc(-c2nn3c(C4CCN(S(C)(=O)=O)CC4)nnc3s2)cc(OC)c1OC. The monoisotopic (exact) mass is 453 g/mol. The molecule has 0 atom stereocenters. The molecule has 1 aliphatic heterocycles.